The fourth-order valence-electron chi connectivity index (χ4n) is 2.94. The number of amides is 1. The van der Waals surface area contributed by atoms with Gasteiger partial charge < -0.3 is 23.9 Å². The van der Waals surface area contributed by atoms with Crippen LogP contribution in [0.15, 0.2) is 57.7 Å². The van der Waals surface area contributed by atoms with Gasteiger partial charge in [-0.1, -0.05) is 26.0 Å². The van der Waals surface area contributed by atoms with Crippen molar-refractivity contribution in [2.45, 2.75) is 19.8 Å². The summed E-state index contributed by atoms with van der Waals surface area (Å²) in [7, 11) is 1.51. The molecule has 3 rings (SSSR count). The Hall–Kier alpha value is -3.65. The van der Waals surface area contributed by atoms with E-state index in [1.54, 1.807) is 18.2 Å². The Morgan fingerprint density at radius 1 is 1.06 bits per heavy atom. The Kier molecular flexibility index (Phi) is 7.62. The SMILES string of the molecule is COCCNC(=O)c1cc2ccc(OC(=O)COc3cccc(C(C)C)c3)cc2oc1=O. The molecule has 3 aromatic rings. The fourth-order valence-corrected chi connectivity index (χ4v) is 2.94. The van der Waals surface area contributed by atoms with Gasteiger partial charge in [0, 0.05) is 25.1 Å². The molecule has 0 radical (unpaired) electrons. The number of fused-ring (bicyclic) bond motifs is 1. The molecule has 0 aliphatic rings. The summed E-state index contributed by atoms with van der Waals surface area (Å²) in [6.07, 6.45) is 0. The lowest BCUT2D eigenvalue weighted by atomic mass is 10.0. The minimum absolute atomic E-state index is 0.115. The zero-order valence-corrected chi connectivity index (χ0v) is 18.2. The minimum atomic E-state index is -0.788. The summed E-state index contributed by atoms with van der Waals surface area (Å²) in [6, 6.07) is 13.5. The first-order valence-corrected chi connectivity index (χ1v) is 10.2. The second-order valence-electron chi connectivity index (χ2n) is 7.39. The van der Waals surface area contributed by atoms with Crippen LogP contribution in [0.25, 0.3) is 11.0 Å². The molecule has 1 amide bonds. The van der Waals surface area contributed by atoms with Crippen LogP contribution >= 0.6 is 0 Å². The van der Waals surface area contributed by atoms with Crippen molar-refractivity contribution in [1.82, 2.24) is 5.32 Å². The summed E-state index contributed by atoms with van der Waals surface area (Å²) in [5.74, 6) is -0.0335. The molecule has 0 aliphatic heterocycles. The molecular formula is C24H25NO7. The van der Waals surface area contributed by atoms with Gasteiger partial charge in [-0.3, -0.25) is 4.79 Å². The maximum atomic E-state index is 12.2. The highest BCUT2D eigenvalue weighted by Crippen LogP contribution is 2.22. The Morgan fingerprint density at radius 2 is 1.88 bits per heavy atom. The van der Waals surface area contributed by atoms with E-state index in [4.69, 9.17) is 18.6 Å². The van der Waals surface area contributed by atoms with Gasteiger partial charge in [-0.25, -0.2) is 9.59 Å². The molecule has 1 aromatic heterocycles. The molecule has 1 heterocycles. The lowest BCUT2D eigenvalue weighted by Gasteiger charge is -2.10. The van der Waals surface area contributed by atoms with E-state index in [1.165, 1.54) is 19.2 Å². The summed E-state index contributed by atoms with van der Waals surface area (Å²) in [5.41, 5.74) is 0.395. The van der Waals surface area contributed by atoms with Crippen molar-refractivity contribution >= 4 is 22.8 Å². The molecule has 8 heteroatoms. The number of esters is 1. The van der Waals surface area contributed by atoms with Gasteiger partial charge in [-0.2, -0.15) is 0 Å². The Bertz CT molecular complexity index is 1170. The Labute approximate surface area is 185 Å². The predicted octanol–water partition coefficient (Wildman–Crippen LogP) is 3.28. The Balaban J connectivity index is 1.65. The number of hydrogen-bond donors (Lipinski definition) is 1. The highest BCUT2D eigenvalue weighted by atomic mass is 16.6. The topological polar surface area (TPSA) is 104 Å². The van der Waals surface area contributed by atoms with Gasteiger partial charge in [-0.05, 0) is 41.8 Å². The van der Waals surface area contributed by atoms with Crippen LogP contribution in [0.4, 0.5) is 0 Å². The highest BCUT2D eigenvalue weighted by Gasteiger charge is 2.15. The molecule has 0 atom stereocenters. The van der Waals surface area contributed by atoms with Gasteiger partial charge in [-0.15, -0.1) is 0 Å². The molecule has 0 saturated heterocycles. The van der Waals surface area contributed by atoms with Crippen molar-refractivity contribution in [3.05, 3.63) is 70.1 Å². The summed E-state index contributed by atoms with van der Waals surface area (Å²) in [6.45, 7) is 4.46. The monoisotopic (exact) mass is 439 g/mol. The van der Waals surface area contributed by atoms with Crippen LogP contribution in [0.1, 0.15) is 35.7 Å². The predicted molar refractivity (Wildman–Crippen MR) is 118 cm³/mol. The van der Waals surface area contributed by atoms with Crippen molar-refractivity contribution < 1.29 is 28.2 Å². The summed E-state index contributed by atoms with van der Waals surface area (Å²) < 4.78 is 20.9. The molecular weight excluding hydrogens is 414 g/mol. The number of hydrogen-bond acceptors (Lipinski definition) is 7. The van der Waals surface area contributed by atoms with Gasteiger partial charge in [0.15, 0.2) is 6.61 Å². The van der Waals surface area contributed by atoms with E-state index in [1.807, 2.05) is 18.2 Å². The number of methoxy groups -OCH3 is 1. The van der Waals surface area contributed by atoms with Gasteiger partial charge in [0.1, 0.15) is 22.6 Å². The molecule has 168 valence electrons. The molecule has 0 aliphatic carbocycles. The number of benzene rings is 2. The second kappa shape index (κ2) is 10.6. The van der Waals surface area contributed by atoms with Crippen LogP contribution in [-0.4, -0.2) is 38.7 Å². The lowest BCUT2D eigenvalue weighted by molar-refractivity contribution is -0.136. The van der Waals surface area contributed by atoms with Crippen molar-refractivity contribution in [2.24, 2.45) is 0 Å². The molecule has 2 aromatic carbocycles. The molecule has 32 heavy (non-hydrogen) atoms. The van der Waals surface area contributed by atoms with E-state index >= 15 is 0 Å². The molecule has 8 nitrogen and oxygen atoms in total. The van der Waals surface area contributed by atoms with Crippen LogP contribution in [0, 0.1) is 0 Å². The van der Waals surface area contributed by atoms with Gasteiger partial charge in [0.2, 0.25) is 0 Å². The van der Waals surface area contributed by atoms with E-state index < -0.39 is 17.5 Å². The number of carbonyl (C=O) groups excluding carboxylic acids is 2. The van der Waals surface area contributed by atoms with Crippen LogP contribution in [0.5, 0.6) is 11.5 Å². The van der Waals surface area contributed by atoms with Crippen LogP contribution < -0.4 is 20.4 Å². The first-order valence-electron chi connectivity index (χ1n) is 10.2. The first kappa shape index (κ1) is 23.0. The standard InChI is InChI=1S/C24H25NO7/c1-15(2)16-5-4-6-18(11-16)30-14-22(26)31-19-8-7-17-12-20(23(27)25-9-10-29-3)24(28)32-21(17)13-19/h4-8,11-13,15H,9-10,14H2,1-3H3,(H,25,27). The van der Waals surface area contributed by atoms with Crippen molar-refractivity contribution in [3.63, 3.8) is 0 Å². The lowest BCUT2D eigenvalue weighted by Crippen LogP contribution is -2.30. The normalized spacial score (nSPS) is 10.9. The molecule has 0 fully saturated rings. The maximum absolute atomic E-state index is 12.2. The zero-order valence-electron chi connectivity index (χ0n) is 18.2. The molecule has 1 N–H and O–H groups in total. The second-order valence-corrected chi connectivity index (χ2v) is 7.39. The molecule has 0 spiro atoms. The smallest absolute Gasteiger partial charge is 0.349 e. The van der Waals surface area contributed by atoms with Crippen molar-refractivity contribution in [2.75, 3.05) is 26.9 Å². The average molecular weight is 439 g/mol. The number of carbonyl (C=O) groups is 2. The van der Waals surface area contributed by atoms with E-state index in [0.717, 1.165) is 5.56 Å². The van der Waals surface area contributed by atoms with Crippen molar-refractivity contribution in [1.29, 1.82) is 0 Å². The van der Waals surface area contributed by atoms with E-state index in [9.17, 15) is 14.4 Å². The highest BCUT2D eigenvalue weighted by molar-refractivity contribution is 5.96. The number of rotatable bonds is 9. The third kappa shape index (κ3) is 5.95. The fraction of sp³-hybridized carbons (Fsp3) is 0.292. The summed E-state index contributed by atoms with van der Waals surface area (Å²) >= 11 is 0. The van der Waals surface area contributed by atoms with E-state index in [0.29, 0.717) is 23.7 Å². The number of ether oxygens (including phenoxy) is 3. The average Bonchev–Trinajstić information content (AvgIpc) is 2.77. The molecule has 0 saturated carbocycles. The quantitative estimate of drug-likeness (QED) is 0.236. The van der Waals surface area contributed by atoms with E-state index in [2.05, 4.69) is 19.2 Å². The third-order valence-corrected chi connectivity index (χ3v) is 4.66. The van der Waals surface area contributed by atoms with Crippen LogP contribution in [0.2, 0.25) is 0 Å². The third-order valence-electron chi connectivity index (χ3n) is 4.66. The Morgan fingerprint density at radius 3 is 2.62 bits per heavy atom. The van der Waals surface area contributed by atoms with Crippen LogP contribution in [0.3, 0.4) is 0 Å². The molecule has 0 unspecified atom stereocenters. The summed E-state index contributed by atoms with van der Waals surface area (Å²) in [5, 5.41) is 3.09. The number of nitrogens with one attached hydrogen (secondary N) is 1. The summed E-state index contributed by atoms with van der Waals surface area (Å²) in [4.78, 5) is 36.5. The minimum Gasteiger partial charge on any atom is -0.482 e. The first-order chi connectivity index (χ1) is 15.4. The zero-order chi connectivity index (χ0) is 23.1. The van der Waals surface area contributed by atoms with E-state index in [-0.39, 0.29) is 30.0 Å². The van der Waals surface area contributed by atoms with Gasteiger partial charge >= 0.3 is 11.6 Å². The largest absolute Gasteiger partial charge is 0.482 e. The van der Waals surface area contributed by atoms with Gasteiger partial charge in [0.25, 0.3) is 5.91 Å². The molecule has 0 bridgehead atoms. The maximum Gasteiger partial charge on any atom is 0.349 e. The van der Waals surface area contributed by atoms with Crippen molar-refractivity contribution in [3.8, 4) is 11.5 Å². The van der Waals surface area contributed by atoms with Crippen LogP contribution in [-0.2, 0) is 9.53 Å². The van der Waals surface area contributed by atoms with Gasteiger partial charge in [0.05, 0.1) is 6.61 Å².